The number of amides is 4. The molecule has 11 heteroatoms. The SMILES string of the molecule is CN1CC(=O)N2[C@@H](CC(=O)O)C(=O)N(CCOCc3ccccc3)C[C@@H]2N1C(=O)NCc1ccccc1. The smallest absolute Gasteiger partial charge is 0.334 e. The molecule has 0 bridgehead atoms. The summed E-state index contributed by atoms with van der Waals surface area (Å²) >= 11 is 0. The van der Waals surface area contributed by atoms with Crippen molar-refractivity contribution >= 4 is 23.8 Å². The minimum Gasteiger partial charge on any atom is -0.481 e. The van der Waals surface area contributed by atoms with Gasteiger partial charge >= 0.3 is 12.0 Å². The average molecular weight is 510 g/mol. The van der Waals surface area contributed by atoms with Crippen LogP contribution in [0.25, 0.3) is 0 Å². The summed E-state index contributed by atoms with van der Waals surface area (Å²) in [6.07, 6.45) is -1.40. The Balaban J connectivity index is 1.49. The number of rotatable bonds is 9. The van der Waals surface area contributed by atoms with E-state index in [1.807, 2.05) is 60.7 Å². The number of likely N-dealkylation sites (N-methyl/N-ethyl adjacent to an activating group) is 1. The molecule has 2 N–H and O–H groups in total. The first kappa shape index (κ1) is 26.1. The van der Waals surface area contributed by atoms with Gasteiger partial charge in [0.05, 0.1) is 32.7 Å². The van der Waals surface area contributed by atoms with E-state index in [9.17, 15) is 24.3 Å². The second-order valence-corrected chi connectivity index (χ2v) is 9.02. The molecule has 2 heterocycles. The number of carbonyl (C=O) groups excluding carboxylic acids is 3. The molecule has 2 saturated heterocycles. The van der Waals surface area contributed by atoms with Gasteiger partial charge in [0.25, 0.3) is 0 Å². The molecule has 0 aromatic heterocycles. The molecule has 0 unspecified atom stereocenters. The molecule has 0 aliphatic carbocycles. The highest BCUT2D eigenvalue weighted by Crippen LogP contribution is 2.27. The lowest BCUT2D eigenvalue weighted by Crippen LogP contribution is -2.76. The van der Waals surface area contributed by atoms with E-state index in [1.54, 1.807) is 7.05 Å². The molecule has 0 radical (unpaired) electrons. The normalized spacial score (nSPS) is 20.1. The fraction of sp³-hybridized carbons (Fsp3) is 0.385. The van der Waals surface area contributed by atoms with Crippen LogP contribution in [0.4, 0.5) is 4.79 Å². The number of nitrogens with one attached hydrogen (secondary N) is 1. The number of carbonyl (C=O) groups is 4. The van der Waals surface area contributed by atoms with Gasteiger partial charge in [-0.1, -0.05) is 60.7 Å². The Kier molecular flexibility index (Phi) is 8.36. The summed E-state index contributed by atoms with van der Waals surface area (Å²) < 4.78 is 5.73. The van der Waals surface area contributed by atoms with Crippen LogP contribution in [0.15, 0.2) is 60.7 Å². The number of nitrogens with zero attached hydrogens (tertiary/aromatic N) is 4. The summed E-state index contributed by atoms with van der Waals surface area (Å²) in [6, 6.07) is 17.3. The van der Waals surface area contributed by atoms with Gasteiger partial charge in [0.2, 0.25) is 11.8 Å². The van der Waals surface area contributed by atoms with Crippen molar-refractivity contribution in [1.29, 1.82) is 0 Å². The third-order valence-corrected chi connectivity index (χ3v) is 6.42. The predicted molar refractivity (Wildman–Crippen MR) is 132 cm³/mol. The Hall–Kier alpha value is -3.96. The van der Waals surface area contributed by atoms with Crippen molar-refractivity contribution in [3.8, 4) is 0 Å². The summed E-state index contributed by atoms with van der Waals surface area (Å²) in [7, 11) is 1.62. The number of hydrogen-bond acceptors (Lipinski definition) is 6. The molecule has 2 atom stereocenters. The van der Waals surface area contributed by atoms with Gasteiger partial charge in [-0.3, -0.25) is 14.4 Å². The number of carboxylic acids is 1. The molecule has 2 fully saturated rings. The monoisotopic (exact) mass is 509 g/mol. The average Bonchev–Trinajstić information content (AvgIpc) is 2.88. The highest BCUT2D eigenvalue weighted by atomic mass is 16.5. The van der Waals surface area contributed by atoms with Crippen molar-refractivity contribution in [3.63, 3.8) is 0 Å². The topological polar surface area (TPSA) is 123 Å². The van der Waals surface area contributed by atoms with E-state index in [2.05, 4.69) is 5.32 Å². The number of fused-ring (bicyclic) bond motifs is 1. The third-order valence-electron chi connectivity index (χ3n) is 6.42. The number of benzene rings is 2. The molecule has 2 aliphatic heterocycles. The van der Waals surface area contributed by atoms with Crippen molar-refractivity contribution in [2.45, 2.75) is 31.8 Å². The minimum absolute atomic E-state index is 0.0402. The van der Waals surface area contributed by atoms with Crippen LogP contribution in [0, 0.1) is 0 Å². The molecule has 2 aromatic carbocycles. The van der Waals surface area contributed by atoms with E-state index in [0.717, 1.165) is 11.1 Å². The summed E-state index contributed by atoms with van der Waals surface area (Å²) in [4.78, 5) is 53.9. The number of ether oxygens (including phenoxy) is 1. The highest BCUT2D eigenvalue weighted by molar-refractivity contribution is 5.93. The fourth-order valence-electron chi connectivity index (χ4n) is 4.67. The van der Waals surface area contributed by atoms with Crippen molar-refractivity contribution in [2.24, 2.45) is 0 Å². The van der Waals surface area contributed by atoms with E-state index < -0.39 is 42.4 Å². The van der Waals surface area contributed by atoms with Crippen molar-refractivity contribution in [1.82, 2.24) is 25.1 Å². The van der Waals surface area contributed by atoms with Crippen LogP contribution in [0.3, 0.4) is 0 Å². The first-order valence-electron chi connectivity index (χ1n) is 12.1. The molecular weight excluding hydrogens is 478 g/mol. The molecule has 0 spiro atoms. The van der Waals surface area contributed by atoms with Crippen LogP contribution >= 0.6 is 0 Å². The molecular formula is C26H31N5O6. The maximum atomic E-state index is 13.3. The maximum Gasteiger partial charge on any atom is 0.334 e. The molecule has 196 valence electrons. The van der Waals surface area contributed by atoms with E-state index in [-0.39, 0.29) is 32.8 Å². The quantitative estimate of drug-likeness (QED) is 0.486. The summed E-state index contributed by atoms with van der Waals surface area (Å²) in [5.41, 5.74) is 1.89. The van der Waals surface area contributed by atoms with Crippen LogP contribution in [-0.2, 0) is 32.3 Å². The van der Waals surface area contributed by atoms with E-state index in [4.69, 9.17) is 4.74 Å². The maximum absolute atomic E-state index is 13.3. The predicted octanol–water partition coefficient (Wildman–Crippen LogP) is 1.12. The first-order chi connectivity index (χ1) is 17.8. The molecule has 11 nitrogen and oxygen atoms in total. The highest BCUT2D eigenvalue weighted by Gasteiger charge is 2.51. The molecule has 4 amide bonds. The van der Waals surface area contributed by atoms with Crippen molar-refractivity contribution in [2.75, 3.05) is 33.3 Å². The van der Waals surface area contributed by atoms with Gasteiger partial charge in [0.1, 0.15) is 12.2 Å². The van der Waals surface area contributed by atoms with Crippen molar-refractivity contribution < 1.29 is 29.0 Å². The van der Waals surface area contributed by atoms with Gasteiger partial charge in [-0.25, -0.2) is 14.8 Å². The molecule has 2 aliphatic rings. The largest absolute Gasteiger partial charge is 0.481 e. The number of urea groups is 1. The lowest BCUT2D eigenvalue weighted by atomic mass is 10.0. The van der Waals surface area contributed by atoms with Gasteiger partial charge in [-0.15, -0.1) is 0 Å². The van der Waals surface area contributed by atoms with Crippen LogP contribution in [0.1, 0.15) is 17.5 Å². The van der Waals surface area contributed by atoms with Crippen LogP contribution in [0.5, 0.6) is 0 Å². The Bertz CT molecular complexity index is 1110. The third kappa shape index (κ3) is 6.25. The molecule has 37 heavy (non-hydrogen) atoms. The second kappa shape index (κ2) is 11.8. The van der Waals surface area contributed by atoms with Gasteiger partial charge in [-0.05, 0) is 11.1 Å². The Morgan fingerprint density at radius 1 is 1.03 bits per heavy atom. The van der Waals surface area contributed by atoms with E-state index in [1.165, 1.54) is 19.8 Å². The van der Waals surface area contributed by atoms with Gasteiger partial charge in [0.15, 0.2) is 0 Å². The lowest BCUT2D eigenvalue weighted by Gasteiger charge is -2.54. The number of carboxylic acid groups (broad SMARTS) is 1. The number of hydrogen-bond donors (Lipinski definition) is 2. The summed E-state index contributed by atoms with van der Waals surface area (Å²) in [6.45, 7) is 0.948. The minimum atomic E-state index is -1.21. The zero-order chi connectivity index (χ0) is 26.4. The zero-order valence-electron chi connectivity index (χ0n) is 20.7. The van der Waals surface area contributed by atoms with Gasteiger partial charge in [-0.2, -0.15) is 0 Å². The number of piperazine rings is 1. The molecule has 2 aromatic rings. The van der Waals surface area contributed by atoms with Crippen LogP contribution < -0.4 is 5.32 Å². The van der Waals surface area contributed by atoms with Crippen LogP contribution in [-0.4, -0.2) is 94.2 Å². The Morgan fingerprint density at radius 3 is 2.32 bits per heavy atom. The summed E-state index contributed by atoms with van der Waals surface area (Å²) in [5, 5.41) is 15.2. The zero-order valence-corrected chi connectivity index (χ0v) is 20.7. The van der Waals surface area contributed by atoms with Crippen molar-refractivity contribution in [3.05, 3.63) is 71.8 Å². The standard InChI is InChI=1S/C26H31N5O6/c1-28-17-23(32)30-21(14-24(33)34)25(35)29(12-13-37-18-20-10-6-3-7-11-20)16-22(30)31(28)26(36)27-15-19-8-4-2-5-9-19/h2-11,21-22H,12-18H2,1H3,(H,27,36)(H,33,34)/t21-,22-/m0/s1. The molecule has 0 saturated carbocycles. The number of aliphatic carboxylic acids is 1. The second-order valence-electron chi connectivity index (χ2n) is 9.02. The van der Waals surface area contributed by atoms with Gasteiger partial charge < -0.3 is 25.0 Å². The number of hydrazine groups is 1. The van der Waals surface area contributed by atoms with Crippen LogP contribution in [0.2, 0.25) is 0 Å². The molecule has 4 rings (SSSR count). The Labute approximate surface area is 215 Å². The fourth-order valence-corrected chi connectivity index (χ4v) is 4.67. The Morgan fingerprint density at radius 2 is 1.68 bits per heavy atom. The first-order valence-corrected chi connectivity index (χ1v) is 12.1. The lowest BCUT2D eigenvalue weighted by molar-refractivity contribution is -0.189. The summed E-state index contributed by atoms with van der Waals surface area (Å²) in [5.74, 6) is -2.07. The van der Waals surface area contributed by atoms with E-state index in [0.29, 0.717) is 6.61 Å². The van der Waals surface area contributed by atoms with E-state index >= 15 is 0 Å². The van der Waals surface area contributed by atoms with Gasteiger partial charge in [0, 0.05) is 20.1 Å².